The number of ether oxygens (including phenoxy) is 2. The summed E-state index contributed by atoms with van der Waals surface area (Å²) in [6, 6.07) is 11.4. The van der Waals surface area contributed by atoms with Gasteiger partial charge in [0.15, 0.2) is 11.5 Å². The van der Waals surface area contributed by atoms with Gasteiger partial charge in [-0.2, -0.15) is 0 Å². The molecule has 1 fully saturated rings. The number of hydrogen-bond donors (Lipinski definition) is 3. The quantitative estimate of drug-likeness (QED) is 0.326. The highest BCUT2D eigenvalue weighted by molar-refractivity contribution is 7.58. The number of benzene rings is 2. The Hall–Kier alpha value is -2.59. The number of carbonyl (C=O) groups excluding carboxylic acids is 1. The summed E-state index contributed by atoms with van der Waals surface area (Å²) in [5.74, 6) is 1.20. The first-order chi connectivity index (χ1) is 13.9. The standard InChI is InChI=1S/C22H28N3O3P/c1-13(29-22(26)25-17-8-9-17)10-15-11-19(27-2)20(28-3)12-18(15)21(24)14-4-6-16(23)7-5-14/h4-7,11-13,17,24,29H,8-10,23H2,1-3H3,(H,25,26). The zero-order valence-corrected chi connectivity index (χ0v) is 18.0. The van der Waals surface area contributed by atoms with E-state index in [-0.39, 0.29) is 19.9 Å². The van der Waals surface area contributed by atoms with Gasteiger partial charge < -0.3 is 20.5 Å². The number of nitrogens with two attached hydrogens (primary N) is 1. The van der Waals surface area contributed by atoms with Gasteiger partial charge in [-0.25, -0.2) is 0 Å². The molecule has 2 aromatic carbocycles. The molecule has 0 saturated heterocycles. The molecule has 6 nitrogen and oxygen atoms in total. The molecule has 1 amide bonds. The van der Waals surface area contributed by atoms with Gasteiger partial charge in [0.05, 0.1) is 19.9 Å². The summed E-state index contributed by atoms with van der Waals surface area (Å²) in [7, 11) is 3.36. The van der Waals surface area contributed by atoms with Crippen LogP contribution in [-0.2, 0) is 6.42 Å². The minimum atomic E-state index is 0.121. The number of nitrogens with one attached hydrogen (secondary N) is 2. The van der Waals surface area contributed by atoms with E-state index in [1.807, 2.05) is 24.3 Å². The van der Waals surface area contributed by atoms with Crippen LogP contribution in [0.15, 0.2) is 36.4 Å². The average molecular weight is 413 g/mol. The molecule has 154 valence electrons. The number of carbonyl (C=O) groups is 1. The van der Waals surface area contributed by atoms with Gasteiger partial charge >= 0.3 is 0 Å². The molecule has 3 rings (SSSR count). The zero-order chi connectivity index (χ0) is 21.0. The average Bonchev–Trinajstić information content (AvgIpc) is 3.51. The molecule has 0 radical (unpaired) electrons. The van der Waals surface area contributed by atoms with Crippen molar-refractivity contribution in [1.29, 1.82) is 5.41 Å². The van der Waals surface area contributed by atoms with Crippen molar-refractivity contribution in [3.05, 3.63) is 53.1 Å². The molecule has 2 unspecified atom stereocenters. The van der Waals surface area contributed by atoms with Crippen molar-refractivity contribution >= 4 is 25.6 Å². The maximum absolute atomic E-state index is 12.2. The predicted octanol–water partition coefficient (Wildman–Crippen LogP) is 4.18. The van der Waals surface area contributed by atoms with Crippen molar-refractivity contribution in [2.24, 2.45) is 0 Å². The molecule has 2 aromatic rings. The molecule has 0 aliphatic heterocycles. The second-order valence-corrected chi connectivity index (χ2v) is 9.09. The van der Waals surface area contributed by atoms with Gasteiger partial charge in [0.1, 0.15) is 0 Å². The van der Waals surface area contributed by atoms with E-state index >= 15 is 0 Å². The van der Waals surface area contributed by atoms with Gasteiger partial charge in [-0.15, -0.1) is 0 Å². The van der Waals surface area contributed by atoms with E-state index in [2.05, 4.69) is 12.2 Å². The van der Waals surface area contributed by atoms with Gasteiger partial charge in [0, 0.05) is 22.9 Å². The van der Waals surface area contributed by atoms with Crippen LogP contribution in [0.1, 0.15) is 36.5 Å². The Morgan fingerprint density at radius 2 is 1.83 bits per heavy atom. The third kappa shape index (κ3) is 5.48. The van der Waals surface area contributed by atoms with Crippen molar-refractivity contribution in [2.45, 2.75) is 37.9 Å². The SMILES string of the molecule is COc1cc(CC(C)PC(=O)NC2CC2)c(C(=N)c2ccc(N)cc2)cc1OC. The number of hydrogen-bond acceptors (Lipinski definition) is 5. The van der Waals surface area contributed by atoms with Gasteiger partial charge in [0.2, 0.25) is 5.65 Å². The highest BCUT2D eigenvalue weighted by Gasteiger charge is 2.24. The predicted molar refractivity (Wildman–Crippen MR) is 119 cm³/mol. The minimum absolute atomic E-state index is 0.121. The van der Waals surface area contributed by atoms with E-state index in [1.54, 1.807) is 26.4 Å². The molecule has 4 N–H and O–H groups in total. The summed E-state index contributed by atoms with van der Waals surface area (Å²) in [5, 5.41) is 11.8. The van der Waals surface area contributed by atoms with Gasteiger partial charge in [-0.3, -0.25) is 10.2 Å². The zero-order valence-electron chi connectivity index (χ0n) is 17.0. The molecule has 1 saturated carbocycles. The molecule has 1 aliphatic carbocycles. The molecule has 7 heteroatoms. The molecule has 29 heavy (non-hydrogen) atoms. The maximum atomic E-state index is 12.2. The highest BCUT2D eigenvalue weighted by Crippen LogP contribution is 2.34. The summed E-state index contributed by atoms with van der Waals surface area (Å²) in [4.78, 5) is 12.2. The lowest BCUT2D eigenvalue weighted by atomic mass is 9.94. The number of nitrogen functional groups attached to an aromatic ring is 1. The van der Waals surface area contributed by atoms with Crippen molar-refractivity contribution in [1.82, 2.24) is 5.32 Å². The number of rotatable bonds is 9. The minimum Gasteiger partial charge on any atom is -0.493 e. The van der Waals surface area contributed by atoms with Crippen molar-refractivity contribution < 1.29 is 14.3 Å². The van der Waals surface area contributed by atoms with E-state index in [0.29, 0.717) is 35.4 Å². The van der Waals surface area contributed by atoms with Gasteiger partial charge in [0.25, 0.3) is 0 Å². The summed E-state index contributed by atoms with van der Waals surface area (Å²) in [5.41, 5.74) is 9.61. The molecular weight excluding hydrogens is 385 g/mol. The summed E-state index contributed by atoms with van der Waals surface area (Å²) in [6.07, 6.45) is 2.84. The monoisotopic (exact) mass is 413 g/mol. The lowest BCUT2D eigenvalue weighted by Gasteiger charge is -2.18. The van der Waals surface area contributed by atoms with Crippen LogP contribution in [-0.4, -0.2) is 37.3 Å². The lowest BCUT2D eigenvalue weighted by Crippen LogP contribution is -2.22. The topological polar surface area (TPSA) is 97.4 Å². The molecule has 2 atom stereocenters. The van der Waals surface area contributed by atoms with E-state index in [4.69, 9.17) is 20.6 Å². The van der Waals surface area contributed by atoms with Crippen LogP contribution in [0.5, 0.6) is 11.5 Å². The van der Waals surface area contributed by atoms with Gasteiger partial charge in [-0.05, 0) is 63.3 Å². The molecule has 0 bridgehead atoms. The Balaban J connectivity index is 1.87. The Labute approximate surface area is 173 Å². The van der Waals surface area contributed by atoms with E-state index < -0.39 is 0 Å². The third-order valence-corrected chi connectivity index (χ3v) is 6.00. The summed E-state index contributed by atoms with van der Waals surface area (Å²) >= 11 is 0. The largest absolute Gasteiger partial charge is 0.493 e. The van der Waals surface area contributed by atoms with E-state index in [0.717, 1.165) is 29.5 Å². The van der Waals surface area contributed by atoms with Crippen LogP contribution in [0.2, 0.25) is 0 Å². The molecular formula is C22H28N3O3P. The third-order valence-electron chi connectivity index (χ3n) is 4.89. The van der Waals surface area contributed by atoms with Crippen LogP contribution in [0.25, 0.3) is 0 Å². The second-order valence-electron chi connectivity index (χ2n) is 7.36. The summed E-state index contributed by atoms with van der Waals surface area (Å²) in [6.45, 7) is 2.07. The van der Waals surface area contributed by atoms with E-state index in [1.165, 1.54) is 0 Å². The van der Waals surface area contributed by atoms with Crippen LogP contribution >= 0.6 is 8.58 Å². The highest BCUT2D eigenvalue weighted by atomic mass is 31.1. The Morgan fingerprint density at radius 1 is 1.21 bits per heavy atom. The fourth-order valence-corrected chi connectivity index (χ4v) is 4.24. The Morgan fingerprint density at radius 3 is 2.41 bits per heavy atom. The second kappa shape index (κ2) is 9.27. The van der Waals surface area contributed by atoms with Crippen LogP contribution in [0.4, 0.5) is 10.5 Å². The van der Waals surface area contributed by atoms with Crippen molar-refractivity contribution in [3.8, 4) is 11.5 Å². The Bertz CT molecular complexity index is 895. The normalized spacial score (nSPS) is 14.6. The molecule has 0 spiro atoms. The first-order valence-electron chi connectivity index (χ1n) is 9.68. The molecule has 0 aromatic heterocycles. The van der Waals surface area contributed by atoms with Crippen LogP contribution < -0.4 is 20.5 Å². The number of anilines is 1. The van der Waals surface area contributed by atoms with Crippen molar-refractivity contribution in [2.75, 3.05) is 20.0 Å². The first kappa shape index (κ1) is 21.1. The van der Waals surface area contributed by atoms with Crippen molar-refractivity contribution in [3.63, 3.8) is 0 Å². The maximum Gasteiger partial charge on any atom is 0.238 e. The number of methoxy groups -OCH3 is 2. The lowest BCUT2D eigenvalue weighted by molar-refractivity contribution is 0.260. The first-order valence-corrected chi connectivity index (χ1v) is 10.8. The van der Waals surface area contributed by atoms with E-state index in [9.17, 15) is 4.79 Å². The molecule has 1 aliphatic rings. The van der Waals surface area contributed by atoms with Crippen LogP contribution in [0.3, 0.4) is 0 Å². The van der Waals surface area contributed by atoms with Crippen LogP contribution in [0, 0.1) is 5.41 Å². The smallest absolute Gasteiger partial charge is 0.238 e. The fourth-order valence-electron chi connectivity index (χ4n) is 3.19. The number of amides is 1. The van der Waals surface area contributed by atoms with Gasteiger partial charge in [-0.1, -0.05) is 19.1 Å². The fraction of sp³-hybridized carbons (Fsp3) is 0.364. The summed E-state index contributed by atoms with van der Waals surface area (Å²) < 4.78 is 10.9. The molecule has 0 heterocycles. The Kier molecular flexibility index (Phi) is 6.75.